The highest BCUT2D eigenvalue weighted by Crippen LogP contribution is 2.39. The van der Waals surface area contributed by atoms with Crippen molar-refractivity contribution in [3.8, 4) is 0 Å². The molecule has 0 aliphatic rings. The van der Waals surface area contributed by atoms with E-state index in [1.165, 1.54) is 83.5 Å². The van der Waals surface area contributed by atoms with Crippen LogP contribution in [0.5, 0.6) is 0 Å². The van der Waals surface area contributed by atoms with Gasteiger partial charge in [-0.15, -0.1) is 11.6 Å². The molecule has 0 saturated carbocycles. The molecule has 0 heterocycles. The summed E-state index contributed by atoms with van der Waals surface area (Å²) in [5.41, 5.74) is 0. The van der Waals surface area contributed by atoms with Crippen molar-refractivity contribution in [1.29, 1.82) is 0 Å². The van der Waals surface area contributed by atoms with E-state index in [1.54, 1.807) is 0 Å². The zero-order valence-corrected chi connectivity index (χ0v) is 19.2. The molecule has 2 N–H and O–H groups in total. The molecular formula is C24H49ClO2. The minimum absolute atomic E-state index is 0.151. The summed E-state index contributed by atoms with van der Waals surface area (Å²) in [5.74, 6) is 0.326. The van der Waals surface area contributed by atoms with Crippen molar-refractivity contribution in [3.63, 3.8) is 0 Å². The van der Waals surface area contributed by atoms with Crippen LogP contribution in [-0.4, -0.2) is 28.3 Å². The second-order valence-electron chi connectivity index (χ2n) is 8.50. The smallest absolute Gasteiger partial charge is 0.0497 e. The monoisotopic (exact) mass is 404 g/mol. The molecule has 0 amide bonds. The van der Waals surface area contributed by atoms with Gasteiger partial charge in [-0.2, -0.15) is 0 Å². The minimum Gasteiger partial charge on any atom is -0.396 e. The molecule has 0 radical (unpaired) electrons. The Balaban J connectivity index is 4.12. The molecule has 0 fully saturated rings. The Labute approximate surface area is 175 Å². The van der Waals surface area contributed by atoms with Gasteiger partial charge in [0.25, 0.3) is 0 Å². The van der Waals surface area contributed by atoms with E-state index in [1.807, 2.05) is 0 Å². The van der Waals surface area contributed by atoms with Crippen molar-refractivity contribution in [3.05, 3.63) is 0 Å². The Bertz CT molecular complexity index is 298. The summed E-state index contributed by atoms with van der Waals surface area (Å²) in [6.07, 6.45) is 21.8. The van der Waals surface area contributed by atoms with Crippen LogP contribution in [0, 0.1) is 5.92 Å². The Morgan fingerprint density at radius 2 is 1.07 bits per heavy atom. The standard InChI is InChI=1S/C24H49ClO2/c1-3-5-7-9-10-11-12-13-14-16-19-24(25,20-22-27)23(18-21-26)17-15-8-6-4-2/h23,26-27H,3-22H2,1-2H3. The Kier molecular flexibility index (Phi) is 19.7. The predicted octanol–water partition coefficient (Wildman–Crippen LogP) is 7.63. The van der Waals surface area contributed by atoms with Gasteiger partial charge in [-0.25, -0.2) is 0 Å². The van der Waals surface area contributed by atoms with Gasteiger partial charge in [-0.1, -0.05) is 104 Å². The van der Waals surface area contributed by atoms with Crippen LogP contribution in [0.4, 0.5) is 0 Å². The lowest BCUT2D eigenvalue weighted by atomic mass is 9.79. The number of unbranched alkanes of at least 4 members (excludes halogenated alkanes) is 12. The van der Waals surface area contributed by atoms with Gasteiger partial charge >= 0.3 is 0 Å². The molecule has 0 bridgehead atoms. The third-order valence-corrected chi connectivity index (χ3v) is 6.78. The fourth-order valence-corrected chi connectivity index (χ4v) is 4.70. The van der Waals surface area contributed by atoms with Crippen LogP contribution in [0.2, 0.25) is 0 Å². The number of aliphatic hydroxyl groups is 2. The SMILES string of the molecule is CCCCCCCCCCCCC(Cl)(CCO)C(CCO)CCCCCC. The maximum absolute atomic E-state index is 9.54. The van der Waals surface area contributed by atoms with Crippen molar-refractivity contribution < 1.29 is 10.2 Å². The van der Waals surface area contributed by atoms with Crippen molar-refractivity contribution >= 4 is 11.6 Å². The number of hydrogen-bond acceptors (Lipinski definition) is 2. The van der Waals surface area contributed by atoms with Crippen molar-refractivity contribution in [2.45, 2.75) is 134 Å². The maximum Gasteiger partial charge on any atom is 0.0497 e. The molecule has 0 spiro atoms. The van der Waals surface area contributed by atoms with Gasteiger partial charge in [-0.3, -0.25) is 0 Å². The average molecular weight is 405 g/mol. The number of halogens is 1. The van der Waals surface area contributed by atoms with E-state index in [2.05, 4.69) is 13.8 Å². The summed E-state index contributed by atoms with van der Waals surface area (Å²) < 4.78 is 0. The first kappa shape index (κ1) is 27.2. The highest BCUT2D eigenvalue weighted by Gasteiger charge is 2.35. The number of alkyl halides is 1. The van der Waals surface area contributed by atoms with E-state index in [0.717, 1.165) is 25.7 Å². The van der Waals surface area contributed by atoms with E-state index >= 15 is 0 Å². The van der Waals surface area contributed by atoms with Gasteiger partial charge in [-0.05, 0) is 31.6 Å². The molecule has 27 heavy (non-hydrogen) atoms. The van der Waals surface area contributed by atoms with E-state index in [4.69, 9.17) is 11.6 Å². The summed E-state index contributed by atoms with van der Waals surface area (Å²) >= 11 is 7.04. The Morgan fingerprint density at radius 3 is 1.56 bits per heavy atom. The first-order chi connectivity index (χ1) is 13.1. The van der Waals surface area contributed by atoms with Gasteiger partial charge in [0.05, 0.1) is 0 Å². The minimum atomic E-state index is -0.330. The summed E-state index contributed by atoms with van der Waals surface area (Å²) in [5, 5.41) is 19.0. The van der Waals surface area contributed by atoms with Crippen LogP contribution < -0.4 is 0 Å². The molecular weight excluding hydrogens is 356 g/mol. The Hall–Kier alpha value is 0.210. The normalized spacial score (nSPS) is 15.0. The van der Waals surface area contributed by atoms with E-state index in [9.17, 15) is 10.2 Å². The lowest BCUT2D eigenvalue weighted by Crippen LogP contribution is -2.34. The largest absolute Gasteiger partial charge is 0.396 e. The molecule has 0 aromatic heterocycles. The summed E-state index contributed by atoms with van der Waals surface area (Å²) in [4.78, 5) is -0.330. The molecule has 0 saturated heterocycles. The lowest BCUT2D eigenvalue weighted by molar-refractivity contribution is 0.180. The summed E-state index contributed by atoms with van der Waals surface area (Å²) in [6, 6.07) is 0. The van der Waals surface area contributed by atoms with Gasteiger partial charge in [0.15, 0.2) is 0 Å². The third-order valence-electron chi connectivity index (χ3n) is 6.09. The zero-order valence-electron chi connectivity index (χ0n) is 18.5. The molecule has 0 aromatic rings. The van der Waals surface area contributed by atoms with Crippen molar-refractivity contribution in [2.24, 2.45) is 5.92 Å². The van der Waals surface area contributed by atoms with Crippen LogP contribution in [0.15, 0.2) is 0 Å². The van der Waals surface area contributed by atoms with Crippen molar-refractivity contribution in [2.75, 3.05) is 13.2 Å². The molecule has 3 heteroatoms. The number of aliphatic hydroxyl groups excluding tert-OH is 2. The number of hydrogen-bond donors (Lipinski definition) is 2. The molecule has 0 aliphatic carbocycles. The Morgan fingerprint density at radius 1 is 0.593 bits per heavy atom. The van der Waals surface area contributed by atoms with Gasteiger partial charge in [0.2, 0.25) is 0 Å². The fourth-order valence-electron chi connectivity index (χ4n) is 4.26. The van der Waals surface area contributed by atoms with Crippen LogP contribution in [0.25, 0.3) is 0 Å². The lowest BCUT2D eigenvalue weighted by Gasteiger charge is -2.35. The molecule has 0 aliphatic heterocycles. The first-order valence-electron chi connectivity index (χ1n) is 12.0. The topological polar surface area (TPSA) is 40.5 Å². The van der Waals surface area contributed by atoms with Crippen LogP contribution >= 0.6 is 11.6 Å². The van der Waals surface area contributed by atoms with Gasteiger partial charge < -0.3 is 10.2 Å². The molecule has 2 nitrogen and oxygen atoms in total. The molecule has 0 rings (SSSR count). The van der Waals surface area contributed by atoms with Crippen molar-refractivity contribution in [1.82, 2.24) is 0 Å². The first-order valence-corrected chi connectivity index (χ1v) is 12.4. The second kappa shape index (κ2) is 19.5. The molecule has 2 atom stereocenters. The average Bonchev–Trinajstić information content (AvgIpc) is 2.66. The predicted molar refractivity (Wildman–Crippen MR) is 121 cm³/mol. The highest BCUT2D eigenvalue weighted by atomic mass is 35.5. The van der Waals surface area contributed by atoms with Crippen LogP contribution in [0.3, 0.4) is 0 Å². The zero-order chi connectivity index (χ0) is 20.2. The number of rotatable bonds is 21. The molecule has 2 unspecified atom stereocenters. The fraction of sp³-hybridized carbons (Fsp3) is 1.00. The summed E-state index contributed by atoms with van der Waals surface area (Å²) in [7, 11) is 0. The van der Waals surface area contributed by atoms with Gasteiger partial charge in [0.1, 0.15) is 0 Å². The van der Waals surface area contributed by atoms with E-state index in [0.29, 0.717) is 12.3 Å². The second-order valence-corrected chi connectivity index (χ2v) is 9.25. The van der Waals surface area contributed by atoms with E-state index < -0.39 is 0 Å². The quantitative estimate of drug-likeness (QED) is 0.152. The van der Waals surface area contributed by atoms with Gasteiger partial charge in [0, 0.05) is 18.1 Å². The van der Waals surface area contributed by atoms with E-state index in [-0.39, 0.29) is 18.1 Å². The van der Waals surface area contributed by atoms with Crippen LogP contribution in [0.1, 0.15) is 129 Å². The third kappa shape index (κ3) is 14.8. The molecule has 0 aromatic carbocycles. The maximum atomic E-state index is 9.54. The molecule has 164 valence electrons. The highest BCUT2D eigenvalue weighted by molar-refractivity contribution is 6.24. The van der Waals surface area contributed by atoms with Crippen LogP contribution in [-0.2, 0) is 0 Å². The summed E-state index contributed by atoms with van der Waals surface area (Å²) in [6.45, 7) is 4.85.